The lowest BCUT2D eigenvalue weighted by atomic mass is 9.96. The van der Waals surface area contributed by atoms with Crippen molar-refractivity contribution in [3.8, 4) is 5.82 Å². The van der Waals surface area contributed by atoms with Crippen molar-refractivity contribution in [2.24, 2.45) is 5.92 Å². The smallest absolute Gasteiger partial charge is 0.225 e. The summed E-state index contributed by atoms with van der Waals surface area (Å²) in [5.41, 5.74) is 1.11. The second-order valence-electron chi connectivity index (χ2n) is 7.02. The molecule has 1 saturated heterocycles. The molecule has 144 valence electrons. The van der Waals surface area contributed by atoms with Gasteiger partial charge in [0.15, 0.2) is 11.6 Å². The van der Waals surface area contributed by atoms with Crippen LogP contribution in [0.2, 0.25) is 0 Å². The fourth-order valence-corrected chi connectivity index (χ4v) is 3.49. The predicted molar refractivity (Wildman–Crippen MR) is 105 cm³/mol. The Kier molecular flexibility index (Phi) is 5.27. The lowest BCUT2D eigenvalue weighted by Gasteiger charge is -2.33. The predicted octanol–water partition coefficient (Wildman–Crippen LogP) is 2.15. The van der Waals surface area contributed by atoms with E-state index in [2.05, 4.69) is 30.5 Å². The third-order valence-corrected chi connectivity index (χ3v) is 5.06. The number of hydrogen-bond donors (Lipinski definition) is 1. The van der Waals surface area contributed by atoms with Crippen LogP contribution in [0.1, 0.15) is 31.4 Å². The number of rotatable bonds is 5. The molecule has 0 bridgehead atoms. The lowest BCUT2D eigenvalue weighted by Crippen LogP contribution is -2.44. The van der Waals surface area contributed by atoms with Crippen LogP contribution in [0, 0.1) is 5.92 Å². The Labute approximate surface area is 163 Å². The summed E-state index contributed by atoms with van der Waals surface area (Å²) in [5, 5.41) is 15.7. The number of piperidine rings is 1. The maximum atomic E-state index is 12.8. The highest BCUT2D eigenvalue weighted by Gasteiger charge is 2.27. The summed E-state index contributed by atoms with van der Waals surface area (Å²) in [6.07, 6.45) is 4.87. The van der Waals surface area contributed by atoms with E-state index in [0.29, 0.717) is 12.4 Å². The molecule has 2 aromatic heterocycles. The average Bonchev–Trinajstić information content (AvgIpc) is 3.29. The van der Waals surface area contributed by atoms with Crippen LogP contribution in [-0.4, -0.2) is 44.0 Å². The van der Waals surface area contributed by atoms with E-state index in [9.17, 15) is 4.79 Å². The molecule has 8 heteroatoms. The van der Waals surface area contributed by atoms with Gasteiger partial charge in [0.25, 0.3) is 0 Å². The molecule has 1 aliphatic heterocycles. The first-order valence-electron chi connectivity index (χ1n) is 9.50. The second kappa shape index (κ2) is 8.16. The minimum Gasteiger partial charge on any atom is -0.354 e. The van der Waals surface area contributed by atoms with Gasteiger partial charge in [-0.3, -0.25) is 4.79 Å². The Morgan fingerprint density at radius 2 is 1.93 bits per heavy atom. The second-order valence-corrected chi connectivity index (χ2v) is 7.02. The van der Waals surface area contributed by atoms with Crippen molar-refractivity contribution in [1.29, 1.82) is 0 Å². The number of nitrogens with zero attached hydrogens (tertiary/aromatic N) is 6. The number of benzene rings is 1. The Bertz CT molecular complexity index is 896. The highest BCUT2D eigenvalue weighted by Crippen LogP contribution is 2.23. The van der Waals surface area contributed by atoms with Gasteiger partial charge in [0.2, 0.25) is 5.91 Å². The Balaban J connectivity index is 1.39. The normalized spacial score (nSPS) is 17.9. The summed E-state index contributed by atoms with van der Waals surface area (Å²) in [6, 6.07) is 13.8. The fraction of sp³-hybridized carbons (Fsp3) is 0.350. The number of amides is 1. The molecule has 0 unspecified atom stereocenters. The Morgan fingerprint density at radius 1 is 1.14 bits per heavy atom. The van der Waals surface area contributed by atoms with Crippen molar-refractivity contribution in [1.82, 2.24) is 30.3 Å². The quantitative estimate of drug-likeness (QED) is 0.733. The summed E-state index contributed by atoms with van der Waals surface area (Å²) < 4.78 is 1.56. The number of anilines is 1. The molecule has 0 saturated carbocycles. The minimum atomic E-state index is -0.0586. The zero-order valence-electron chi connectivity index (χ0n) is 15.8. The zero-order valence-corrected chi connectivity index (χ0v) is 15.8. The van der Waals surface area contributed by atoms with Crippen LogP contribution in [0.5, 0.6) is 0 Å². The maximum absolute atomic E-state index is 12.8. The highest BCUT2D eigenvalue weighted by atomic mass is 16.2. The van der Waals surface area contributed by atoms with Gasteiger partial charge in [-0.1, -0.05) is 30.3 Å². The van der Waals surface area contributed by atoms with E-state index in [1.807, 2.05) is 49.4 Å². The minimum absolute atomic E-state index is 0.00849. The first-order chi connectivity index (χ1) is 13.7. The van der Waals surface area contributed by atoms with Gasteiger partial charge in [0.05, 0.1) is 12.0 Å². The molecular formula is C20H23N7O. The number of nitrogens with one attached hydrogen (secondary N) is 1. The highest BCUT2D eigenvalue weighted by molar-refractivity contribution is 5.80. The van der Waals surface area contributed by atoms with Crippen LogP contribution in [-0.2, 0) is 4.79 Å². The maximum Gasteiger partial charge on any atom is 0.225 e. The molecule has 1 aliphatic rings. The summed E-state index contributed by atoms with van der Waals surface area (Å²) in [6.45, 7) is 3.53. The molecule has 1 N–H and O–H groups in total. The zero-order chi connectivity index (χ0) is 19.3. The molecule has 1 aromatic carbocycles. The van der Waals surface area contributed by atoms with Crippen LogP contribution in [0.4, 0.5) is 5.82 Å². The third kappa shape index (κ3) is 4.00. The molecule has 8 nitrogen and oxygen atoms in total. The molecule has 0 spiro atoms. The van der Waals surface area contributed by atoms with E-state index in [1.165, 1.54) is 6.33 Å². The van der Waals surface area contributed by atoms with Gasteiger partial charge in [-0.05, 0) is 37.5 Å². The van der Waals surface area contributed by atoms with Gasteiger partial charge < -0.3 is 10.2 Å². The molecule has 3 heterocycles. The van der Waals surface area contributed by atoms with Crippen LogP contribution in [0.3, 0.4) is 0 Å². The molecule has 4 rings (SSSR count). The van der Waals surface area contributed by atoms with E-state index in [0.717, 1.165) is 30.8 Å². The van der Waals surface area contributed by atoms with Gasteiger partial charge in [-0.2, -0.15) is 5.10 Å². The lowest BCUT2D eigenvalue weighted by molar-refractivity contribution is -0.125. The Hall–Kier alpha value is -3.29. The number of hydrogen-bond acceptors (Lipinski definition) is 6. The van der Waals surface area contributed by atoms with Crippen LogP contribution < -0.4 is 10.2 Å². The molecule has 0 radical (unpaired) electrons. The summed E-state index contributed by atoms with van der Waals surface area (Å²) in [7, 11) is 0. The monoisotopic (exact) mass is 377 g/mol. The molecule has 1 amide bonds. The van der Waals surface area contributed by atoms with Crippen LogP contribution >= 0.6 is 0 Å². The van der Waals surface area contributed by atoms with E-state index in [4.69, 9.17) is 0 Å². The average molecular weight is 377 g/mol. The largest absolute Gasteiger partial charge is 0.354 e. The number of carbonyl (C=O) groups excluding carboxylic acids is 1. The van der Waals surface area contributed by atoms with Gasteiger partial charge in [0, 0.05) is 13.1 Å². The van der Waals surface area contributed by atoms with E-state index in [-0.39, 0.29) is 17.9 Å². The molecule has 3 aromatic rings. The standard InChI is InChI=1S/C20H23N7O/c1-15(16-6-3-2-4-7-16)23-20(28)17-8-5-11-26(12-17)18-9-10-19(25-24-18)27-14-21-13-22-27/h2-4,6-7,9-10,13-15,17H,5,8,11-12H2,1H3,(H,23,28)/t15-,17-/m1/s1. The van der Waals surface area contributed by atoms with Crippen molar-refractivity contribution >= 4 is 11.7 Å². The molecular weight excluding hydrogens is 354 g/mol. The van der Waals surface area contributed by atoms with E-state index >= 15 is 0 Å². The molecule has 2 atom stereocenters. The van der Waals surface area contributed by atoms with Crippen molar-refractivity contribution in [2.75, 3.05) is 18.0 Å². The molecule has 1 fully saturated rings. The number of carbonyl (C=O) groups is 1. The first-order valence-corrected chi connectivity index (χ1v) is 9.50. The Morgan fingerprint density at radius 3 is 2.64 bits per heavy atom. The van der Waals surface area contributed by atoms with Gasteiger partial charge in [-0.15, -0.1) is 10.2 Å². The molecule has 28 heavy (non-hydrogen) atoms. The van der Waals surface area contributed by atoms with Crippen molar-refractivity contribution in [3.63, 3.8) is 0 Å². The van der Waals surface area contributed by atoms with Crippen molar-refractivity contribution in [2.45, 2.75) is 25.8 Å². The summed E-state index contributed by atoms with van der Waals surface area (Å²) in [5.74, 6) is 1.42. The van der Waals surface area contributed by atoms with E-state index < -0.39 is 0 Å². The SMILES string of the molecule is C[C@@H](NC(=O)[C@@H]1CCCN(c2ccc(-n3cncn3)nn2)C1)c1ccccc1. The summed E-state index contributed by atoms with van der Waals surface area (Å²) >= 11 is 0. The van der Waals surface area contributed by atoms with Gasteiger partial charge >= 0.3 is 0 Å². The van der Waals surface area contributed by atoms with Gasteiger partial charge in [-0.25, -0.2) is 9.67 Å². The third-order valence-electron chi connectivity index (χ3n) is 5.06. The van der Waals surface area contributed by atoms with Crippen LogP contribution in [0.15, 0.2) is 55.1 Å². The molecule has 0 aliphatic carbocycles. The van der Waals surface area contributed by atoms with E-state index in [1.54, 1.807) is 11.0 Å². The van der Waals surface area contributed by atoms with Crippen molar-refractivity contribution in [3.05, 3.63) is 60.7 Å². The first kappa shape index (κ1) is 18.1. The van der Waals surface area contributed by atoms with Crippen molar-refractivity contribution < 1.29 is 4.79 Å². The van der Waals surface area contributed by atoms with Gasteiger partial charge in [0.1, 0.15) is 12.7 Å². The topological polar surface area (TPSA) is 88.8 Å². The fourth-order valence-electron chi connectivity index (χ4n) is 3.49. The summed E-state index contributed by atoms with van der Waals surface area (Å²) in [4.78, 5) is 18.8. The number of aromatic nitrogens is 5. The van der Waals surface area contributed by atoms with Crippen LogP contribution in [0.25, 0.3) is 5.82 Å².